The van der Waals surface area contributed by atoms with E-state index in [1.165, 1.54) is 24.1 Å². The summed E-state index contributed by atoms with van der Waals surface area (Å²) in [6, 6.07) is 3.69. The molecule has 0 atom stereocenters. The zero-order chi connectivity index (χ0) is 13.1. The van der Waals surface area contributed by atoms with Crippen LogP contribution in [0.3, 0.4) is 0 Å². The zero-order valence-electron chi connectivity index (χ0n) is 9.81. The fourth-order valence-electron chi connectivity index (χ4n) is 1.73. The van der Waals surface area contributed by atoms with Crippen molar-refractivity contribution in [1.82, 2.24) is 4.90 Å². The molecule has 2 rings (SSSR count). The Kier molecular flexibility index (Phi) is 3.45. The van der Waals surface area contributed by atoms with Gasteiger partial charge in [-0.3, -0.25) is 9.69 Å². The minimum absolute atomic E-state index is 0.122. The molecule has 18 heavy (non-hydrogen) atoms. The molecule has 1 fully saturated rings. The van der Waals surface area contributed by atoms with E-state index in [9.17, 15) is 14.0 Å². The standard InChI is InChI=1S/C12H12FNO4/c1-17-11-3-2-8(13)6-9(11)10(15)7-14-4-5-18-12(14)16/h2-3,6H,4-5,7H2,1H3. The number of hydrogen-bond donors (Lipinski definition) is 0. The van der Waals surface area contributed by atoms with E-state index in [0.29, 0.717) is 6.54 Å². The van der Waals surface area contributed by atoms with Gasteiger partial charge in [-0.25, -0.2) is 9.18 Å². The van der Waals surface area contributed by atoms with Crippen molar-refractivity contribution in [3.63, 3.8) is 0 Å². The van der Waals surface area contributed by atoms with Gasteiger partial charge in [-0.2, -0.15) is 0 Å². The lowest BCUT2D eigenvalue weighted by Crippen LogP contribution is -2.30. The molecule has 1 saturated heterocycles. The smallest absolute Gasteiger partial charge is 0.410 e. The fourth-order valence-corrected chi connectivity index (χ4v) is 1.73. The Labute approximate surface area is 103 Å². The Morgan fingerprint density at radius 2 is 2.33 bits per heavy atom. The van der Waals surface area contributed by atoms with E-state index in [1.807, 2.05) is 0 Å². The second kappa shape index (κ2) is 5.03. The number of amides is 1. The summed E-state index contributed by atoms with van der Waals surface area (Å²) in [6.07, 6.45) is -0.529. The molecule has 0 spiro atoms. The number of hydrogen-bond acceptors (Lipinski definition) is 4. The molecule has 1 aliphatic heterocycles. The summed E-state index contributed by atoms with van der Waals surface area (Å²) in [5.41, 5.74) is 0.122. The number of rotatable bonds is 4. The first-order valence-corrected chi connectivity index (χ1v) is 5.40. The van der Waals surface area contributed by atoms with Crippen molar-refractivity contribution < 1.29 is 23.5 Å². The first-order valence-electron chi connectivity index (χ1n) is 5.40. The number of nitrogens with zero attached hydrogens (tertiary/aromatic N) is 1. The van der Waals surface area contributed by atoms with Crippen molar-refractivity contribution in [2.45, 2.75) is 0 Å². The van der Waals surface area contributed by atoms with Crippen LogP contribution in [0.2, 0.25) is 0 Å². The number of ether oxygens (including phenoxy) is 2. The van der Waals surface area contributed by atoms with Gasteiger partial charge in [-0.05, 0) is 18.2 Å². The Morgan fingerprint density at radius 3 is 2.94 bits per heavy atom. The van der Waals surface area contributed by atoms with Gasteiger partial charge in [0.2, 0.25) is 0 Å². The van der Waals surface area contributed by atoms with Gasteiger partial charge in [-0.15, -0.1) is 0 Å². The lowest BCUT2D eigenvalue weighted by Gasteiger charge is -2.13. The van der Waals surface area contributed by atoms with E-state index in [2.05, 4.69) is 0 Å². The van der Waals surface area contributed by atoms with Crippen LogP contribution in [0.1, 0.15) is 10.4 Å². The van der Waals surface area contributed by atoms with Crippen LogP contribution in [0, 0.1) is 5.82 Å². The van der Waals surface area contributed by atoms with Gasteiger partial charge in [0.05, 0.1) is 25.8 Å². The predicted octanol–water partition coefficient (Wildman–Crippen LogP) is 1.47. The maximum Gasteiger partial charge on any atom is 0.410 e. The highest BCUT2D eigenvalue weighted by molar-refractivity contribution is 6.01. The summed E-state index contributed by atoms with van der Waals surface area (Å²) in [6.45, 7) is 0.493. The van der Waals surface area contributed by atoms with Crippen molar-refractivity contribution >= 4 is 11.9 Å². The van der Waals surface area contributed by atoms with Gasteiger partial charge < -0.3 is 9.47 Å². The van der Waals surface area contributed by atoms with E-state index < -0.39 is 11.9 Å². The Hall–Kier alpha value is -2.11. The monoisotopic (exact) mass is 253 g/mol. The molecule has 0 unspecified atom stereocenters. The Morgan fingerprint density at radius 1 is 1.56 bits per heavy atom. The highest BCUT2D eigenvalue weighted by Crippen LogP contribution is 2.20. The second-order valence-corrected chi connectivity index (χ2v) is 3.80. The minimum Gasteiger partial charge on any atom is -0.496 e. The van der Waals surface area contributed by atoms with E-state index in [0.717, 1.165) is 6.07 Å². The summed E-state index contributed by atoms with van der Waals surface area (Å²) in [5.74, 6) is -0.623. The number of methoxy groups -OCH3 is 1. The number of carbonyl (C=O) groups is 2. The maximum atomic E-state index is 13.1. The van der Waals surface area contributed by atoms with Crippen LogP contribution in [0.15, 0.2) is 18.2 Å². The lowest BCUT2D eigenvalue weighted by atomic mass is 10.1. The van der Waals surface area contributed by atoms with Crippen LogP contribution in [-0.4, -0.2) is 43.6 Å². The number of benzene rings is 1. The van der Waals surface area contributed by atoms with E-state index >= 15 is 0 Å². The third kappa shape index (κ3) is 2.42. The van der Waals surface area contributed by atoms with E-state index in [4.69, 9.17) is 9.47 Å². The molecule has 0 saturated carbocycles. The number of cyclic esters (lactones) is 1. The Bertz CT molecular complexity index is 489. The molecule has 0 bridgehead atoms. The highest BCUT2D eigenvalue weighted by Gasteiger charge is 2.25. The molecule has 1 heterocycles. The van der Waals surface area contributed by atoms with E-state index in [-0.39, 0.29) is 30.2 Å². The van der Waals surface area contributed by atoms with E-state index in [1.54, 1.807) is 0 Å². The average Bonchev–Trinajstić information content (AvgIpc) is 2.75. The number of Topliss-reactive ketones (excluding diaryl/α,β-unsaturated/α-hetero) is 1. The lowest BCUT2D eigenvalue weighted by molar-refractivity contribution is 0.0940. The quantitative estimate of drug-likeness (QED) is 0.762. The van der Waals surface area contributed by atoms with Crippen molar-refractivity contribution in [2.75, 3.05) is 26.8 Å². The molecular formula is C12H12FNO4. The van der Waals surface area contributed by atoms with Crippen LogP contribution >= 0.6 is 0 Å². The van der Waals surface area contributed by atoms with Crippen molar-refractivity contribution in [1.29, 1.82) is 0 Å². The van der Waals surface area contributed by atoms with Gasteiger partial charge in [-0.1, -0.05) is 0 Å². The van der Waals surface area contributed by atoms with Gasteiger partial charge in [0, 0.05) is 0 Å². The second-order valence-electron chi connectivity index (χ2n) is 3.80. The minimum atomic E-state index is -0.529. The maximum absolute atomic E-state index is 13.1. The summed E-state index contributed by atoms with van der Waals surface area (Å²) >= 11 is 0. The summed E-state index contributed by atoms with van der Waals surface area (Å²) in [5, 5.41) is 0. The average molecular weight is 253 g/mol. The van der Waals surface area contributed by atoms with Crippen LogP contribution < -0.4 is 4.74 Å². The summed E-state index contributed by atoms with van der Waals surface area (Å²) in [7, 11) is 1.40. The molecule has 0 aromatic heterocycles. The van der Waals surface area contributed by atoms with Crippen molar-refractivity contribution in [3.05, 3.63) is 29.6 Å². The molecule has 1 aromatic rings. The van der Waals surface area contributed by atoms with Crippen molar-refractivity contribution in [2.24, 2.45) is 0 Å². The van der Waals surface area contributed by atoms with Crippen LogP contribution in [-0.2, 0) is 4.74 Å². The number of ketones is 1. The first-order chi connectivity index (χ1) is 8.61. The molecule has 0 aliphatic carbocycles. The van der Waals surface area contributed by atoms with Crippen LogP contribution in [0.4, 0.5) is 9.18 Å². The molecule has 0 N–H and O–H groups in total. The molecular weight excluding hydrogens is 241 g/mol. The third-order valence-corrected chi connectivity index (χ3v) is 2.64. The third-order valence-electron chi connectivity index (χ3n) is 2.64. The Balaban J connectivity index is 2.17. The molecule has 6 heteroatoms. The molecule has 0 radical (unpaired) electrons. The van der Waals surface area contributed by atoms with Gasteiger partial charge in [0.15, 0.2) is 5.78 Å². The number of halogens is 1. The van der Waals surface area contributed by atoms with Crippen LogP contribution in [0.5, 0.6) is 5.75 Å². The molecule has 5 nitrogen and oxygen atoms in total. The SMILES string of the molecule is COc1ccc(F)cc1C(=O)CN1CCOC1=O. The topological polar surface area (TPSA) is 55.8 Å². The summed E-state index contributed by atoms with van der Waals surface area (Å²) < 4.78 is 22.8. The van der Waals surface area contributed by atoms with Gasteiger partial charge in [0.1, 0.15) is 18.2 Å². The predicted molar refractivity (Wildman–Crippen MR) is 60.2 cm³/mol. The normalized spacial score (nSPS) is 14.6. The van der Waals surface area contributed by atoms with Gasteiger partial charge in [0.25, 0.3) is 0 Å². The molecule has 1 aromatic carbocycles. The first kappa shape index (κ1) is 12.3. The molecule has 1 amide bonds. The number of carbonyl (C=O) groups excluding carboxylic acids is 2. The fraction of sp³-hybridized carbons (Fsp3) is 0.333. The van der Waals surface area contributed by atoms with Crippen molar-refractivity contribution in [3.8, 4) is 5.75 Å². The summed E-state index contributed by atoms with van der Waals surface area (Å²) in [4.78, 5) is 24.5. The largest absolute Gasteiger partial charge is 0.496 e. The molecule has 1 aliphatic rings. The molecule has 96 valence electrons. The van der Waals surface area contributed by atoms with Crippen LogP contribution in [0.25, 0.3) is 0 Å². The zero-order valence-corrected chi connectivity index (χ0v) is 9.81. The van der Waals surface area contributed by atoms with Gasteiger partial charge >= 0.3 is 6.09 Å². The highest BCUT2D eigenvalue weighted by atomic mass is 19.1.